The molecule has 0 aliphatic heterocycles. The number of aliphatic hydroxyl groups is 1. The van der Waals surface area contributed by atoms with Gasteiger partial charge in [0.2, 0.25) is 6.29 Å². The molecule has 2 aromatic rings. The molecule has 0 aliphatic carbocycles. The predicted octanol–water partition coefficient (Wildman–Crippen LogP) is 4.29. The van der Waals surface area contributed by atoms with Crippen LogP contribution in [0.3, 0.4) is 0 Å². The monoisotopic (exact) mass is 352 g/mol. The summed E-state index contributed by atoms with van der Waals surface area (Å²) < 4.78 is 10.5. The molecule has 0 radical (unpaired) electrons. The molecule has 2 aromatic carbocycles. The highest BCUT2D eigenvalue weighted by Gasteiger charge is 2.07. The second kappa shape index (κ2) is 9.02. The quantitative estimate of drug-likeness (QED) is 0.333. The zero-order chi connectivity index (χ0) is 19.1. The summed E-state index contributed by atoms with van der Waals surface area (Å²) in [5.74, 6) is 0.223. The summed E-state index contributed by atoms with van der Waals surface area (Å²) in [5.41, 5.74) is 4.16. The lowest BCUT2D eigenvalue weighted by Crippen LogP contribution is -2.15. The first kappa shape index (κ1) is 19.5. The van der Waals surface area contributed by atoms with Gasteiger partial charge in [0.1, 0.15) is 5.75 Å². The highest BCUT2D eigenvalue weighted by atomic mass is 16.6. The minimum absolute atomic E-state index is 0.335. The molecule has 1 N–H and O–H groups in total. The molecular formula is C22H24O4. The van der Waals surface area contributed by atoms with Gasteiger partial charge in [-0.25, -0.2) is 4.79 Å². The minimum Gasteiger partial charge on any atom is -0.462 e. The molecule has 0 saturated carbocycles. The number of esters is 1. The summed E-state index contributed by atoms with van der Waals surface area (Å²) in [6.07, 6.45) is -0.343. The Balaban J connectivity index is 1.94. The molecule has 0 spiro atoms. The van der Waals surface area contributed by atoms with Crippen molar-refractivity contribution in [3.8, 4) is 16.9 Å². The summed E-state index contributed by atoms with van der Waals surface area (Å²) in [5, 5.41) is 9.67. The van der Waals surface area contributed by atoms with Crippen LogP contribution >= 0.6 is 0 Å². The number of aliphatic hydroxyl groups excluding tert-OH is 1. The van der Waals surface area contributed by atoms with E-state index in [0.29, 0.717) is 29.9 Å². The number of carbonyl (C=O) groups is 1. The van der Waals surface area contributed by atoms with Crippen LogP contribution in [0.15, 0.2) is 72.8 Å². The fraction of sp³-hybridized carbons (Fsp3) is 0.227. The van der Waals surface area contributed by atoms with Gasteiger partial charge in [-0.15, -0.1) is 0 Å². The number of carbonyl (C=O) groups excluding carboxylic acids is 1. The van der Waals surface area contributed by atoms with E-state index >= 15 is 0 Å². The molecule has 0 heterocycles. The largest absolute Gasteiger partial charge is 0.462 e. The second-order valence-electron chi connectivity index (χ2n) is 6.20. The number of hydrogen-bond acceptors (Lipinski definition) is 4. The van der Waals surface area contributed by atoms with Gasteiger partial charge < -0.3 is 14.6 Å². The lowest BCUT2D eigenvalue weighted by atomic mass is 10.0. The van der Waals surface area contributed by atoms with Crippen LogP contribution in [0.5, 0.6) is 5.75 Å². The van der Waals surface area contributed by atoms with Gasteiger partial charge in [-0.2, -0.15) is 0 Å². The predicted molar refractivity (Wildman–Crippen MR) is 103 cm³/mol. The van der Waals surface area contributed by atoms with Crippen LogP contribution in [0.4, 0.5) is 0 Å². The maximum Gasteiger partial charge on any atom is 0.333 e. The minimum atomic E-state index is -1.00. The van der Waals surface area contributed by atoms with Gasteiger partial charge in [-0.3, -0.25) is 0 Å². The maximum absolute atomic E-state index is 11.4. The Morgan fingerprint density at radius 1 is 1.00 bits per heavy atom. The molecule has 0 amide bonds. The van der Waals surface area contributed by atoms with Crippen molar-refractivity contribution in [2.45, 2.75) is 26.6 Å². The van der Waals surface area contributed by atoms with Crippen LogP contribution < -0.4 is 4.74 Å². The van der Waals surface area contributed by atoms with Crippen molar-refractivity contribution in [1.82, 2.24) is 0 Å². The van der Waals surface area contributed by atoms with E-state index in [1.54, 1.807) is 13.8 Å². The third-order valence-corrected chi connectivity index (χ3v) is 3.78. The Labute approximate surface area is 154 Å². The van der Waals surface area contributed by atoms with Crippen LogP contribution in [-0.4, -0.2) is 24.0 Å². The Morgan fingerprint density at radius 2 is 1.54 bits per heavy atom. The summed E-state index contributed by atoms with van der Waals surface area (Å²) in [7, 11) is 0. The van der Waals surface area contributed by atoms with Crippen molar-refractivity contribution in [1.29, 1.82) is 0 Å². The molecule has 0 aliphatic rings. The molecule has 4 nitrogen and oxygen atoms in total. The average molecular weight is 352 g/mol. The number of benzene rings is 2. The fourth-order valence-electron chi connectivity index (χ4n) is 2.20. The SMILES string of the molecule is C=C(C)C(=O)OCCc1ccc(-c2ccc(O[C@@H](O)C(=C)C)cc2)cc1. The van der Waals surface area contributed by atoms with Gasteiger partial charge in [-0.05, 0) is 48.2 Å². The molecular weight excluding hydrogens is 328 g/mol. The van der Waals surface area contributed by atoms with Crippen LogP contribution in [0.25, 0.3) is 11.1 Å². The zero-order valence-corrected chi connectivity index (χ0v) is 15.2. The van der Waals surface area contributed by atoms with Gasteiger partial charge in [0, 0.05) is 12.0 Å². The molecule has 0 fully saturated rings. The van der Waals surface area contributed by atoms with E-state index in [2.05, 4.69) is 13.2 Å². The van der Waals surface area contributed by atoms with E-state index in [1.165, 1.54) is 0 Å². The Kier molecular flexibility index (Phi) is 6.75. The third-order valence-electron chi connectivity index (χ3n) is 3.78. The van der Waals surface area contributed by atoms with Gasteiger partial charge in [-0.1, -0.05) is 49.6 Å². The highest BCUT2D eigenvalue weighted by molar-refractivity contribution is 5.86. The highest BCUT2D eigenvalue weighted by Crippen LogP contribution is 2.24. The van der Waals surface area contributed by atoms with Crippen LogP contribution in [0.1, 0.15) is 19.4 Å². The first-order chi connectivity index (χ1) is 12.4. The first-order valence-electron chi connectivity index (χ1n) is 8.39. The van der Waals surface area contributed by atoms with Crippen molar-refractivity contribution < 1.29 is 19.4 Å². The Bertz CT molecular complexity index is 773. The molecule has 1 atom stereocenters. The maximum atomic E-state index is 11.4. The van der Waals surface area contributed by atoms with Crippen molar-refractivity contribution in [2.24, 2.45) is 0 Å². The van der Waals surface area contributed by atoms with E-state index in [4.69, 9.17) is 9.47 Å². The zero-order valence-electron chi connectivity index (χ0n) is 15.2. The van der Waals surface area contributed by atoms with Crippen LogP contribution in [-0.2, 0) is 16.0 Å². The molecule has 2 rings (SSSR count). The molecule has 4 heteroatoms. The molecule has 0 bridgehead atoms. The van der Waals surface area contributed by atoms with Crippen LogP contribution in [0, 0.1) is 0 Å². The summed E-state index contributed by atoms with van der Waals surface area (Å²) in [6.45, 7) is 10.9. The van der Waals surface area contributed by atoms with Crippen LogP contribution in [0.2, 0.25) is 0 Å². The molecule has 0 unspecified atom stereocenters. The smallest absolute Gasteiger partial charge is 0.333 e. The van der Waals surface area contributed by atoms with Gasteiger partial charge in [0.05, 0.1) is 6.61 Å². The molecule has 0 aromatic heterocycles. The van der Waals surface area contributed by atoms with Crippen molar-refractivity contribution >= 4 is 5.97 Å². The Hall–Kier alpha value is -2.85. The van der Waals surface area contributed by atoms with E-state index < -0.39 is 6.29 Å². The topological polar surface area (TPSA) is 55.8 Å². The second-order valence-corrected chi connectivity index (χ2v) is 6.20. The molecule has 26 heavy (non-hydrogen) atoms. The first-order valence-corrected chi connectivity index (χ1v) is 8.39. The summed E-state index contributed by atoms with van der Waals surface area (Å²) >= 11 is 0. The van der Waals surface area contributed by atoms with E-state index in [9.17, 15) is 9.90 Å². The lowest BCUT2D eigenvalue weighted by Gasteiger charge is -2.13. The molecule has 0 saturated heterocycles. The normalized spacial score (nSPS) is 11.5. The third kappa shape index (κ3) is 5.60. The summed E-state index contributed by atoms with van der Waals surface area (Å²) in [4.78, 5) is 11.4. The number of ether oxygens (including phenoxy) is 2. The van der Waals surface area contributed by atoms with E-state index in [0.717, 1.165) is 16.7 Å². The lowest BCUT2D eigenvalue weighted by molar-refractivity contribution is -0.138. The number of rotatable bonds is 8. The van der Waals surface area contributed by atoms with Gasteiger partial charge in [0.15, 0.2) is 0 Å². The van der Waals surface area contributed by atoms with Crippen molar-refractivity contribution in [2.75, 3.05) is 6.61 Å². The Morgan fingerprint density at radius 3 is 2.04 bits per heavy atom. The molecule has 136 valence electrons. The van der Waals surface area contributed by atoms with Gasteiger partial charge in [0.25, 0.3) is 0 Å². The van der Waals surface area contributed by atoms with E-state index in [1.807, 2.05) is 48.5 Å². The fourth-order valence-corrected chi connectivity index (χ4v) is 2.20. The average Bonchev–Trinajstić information content (AvgIpc) is 2.62. The summed E-state index contributed by atoms with van der Waals surface area (Å²) in [6, 6.07) is 15.6. The standard InChI is InChI=1S/C22H24O4/c1-15(2)21(23)25-14-13-17-5-7-18(8-6-17)19-9-11-20(12-10-19)26-22(24)16(3)4/h5-12,22,24H,1,3,13-14H2,2,4H3/t22-/m1/s1. The van der Waals surface area contributed by atoms with E-state index in [-0.39, 0.29) is 5.97 Å². The van der Waals surface area contributed by atoms with Crippen molar-refractivity contribution in [3.63, 3.8) is 0 Å². The van der Waals surface area contributed by atoms with Gasteiger partial charge >= 0.3 is 5.97 Å². The van der Waals surface area contributed by atoms with Crippen molar-refractivity contribution in [3.05, 3.63) is 78.4 Å². The number of hydrogen-bond donors (Lipinski definition) is 1.